The molecule has 25 heavy (non-hydrogen) atoms. The van der Waals surface area contributed by atoms with Crippen LogP contribution in [0.4, 0.5) is 0 Å². The standard InChI is InChI=1S/C18H16N4O3/c1-11-17(10-21)15(23)22-18(11,24)7-14(16(17,8-19)9-20)12-3-5-13(25-2)6-4-12/h3-6,11,14,24H,7H2,1-2H3,(H,22,23)/t11-,14+,17-,18+/m0/s1. The van der Waals surface area contributed by atoms with Gasteiger partial charge in [0.25, 0.3) is 0 Å². The lowest BCUT2D eigenvalue weighted by Crippen LogP contribution is -2.57. The molecule has 0 unspecified atom stereocenters. The Hall–Kier alpha value is -3.08. The van der Waals surface area contributed by atoms with Gasteiger partial charge in [-0.15, -0.1) is 0 Å². The van der Waals surface area contributed by atoms with Crippen molar-refractivity contribution in [3.63, 3.8) is 0 Å². The molecule has 4 atom stereocenters. The summed E-state index contributed by atoms with van der Waals surface area (Å²) < 4.78 is 5.11. The molecule has 7 nitrogen and oxygen atoms in total. The van der Waals surface area contributed by atoms with E-state index in [-0.39, 0.29) is 6.42 Å². The van der Waals surface area contributed by atoms with Crippen molar-refractivity contribution in [1.29, 1.82) is 15.8 Å². The molecule has 1 amide bonds. The zero-order valence-electron chi connectivity index (χ0n) is 13.8. The Bertz CT molecular complexity index is 846. The van der Waals surface area contributed by atoms with Crippen LogP contribution in [0.15, 0.2) is 24.3 Å². The number of aliphatic hydroxyl groups is 1. The number of nitrogens with one attached hydrogen (secondary N) is 1. The molecule has 2 bridgehead atoms. The smallest absolute Gasteiger partial charge is 0.245 e. The second-order valence-corrected chi connectivity index (χ2v) is 6.58. The molecule has 7 heteroatoms. The van der Waals surface area contributed by atoms with E-state index in [1.54, 1.807) is 24.3 Å². The molecule has 1 saturated heterocycles. The van der Waals surface area contributed by atoms with E-state index >= 15 is 0 Å². The number of fused-ring (bicyclic) bond motifs is 2. The van der Waals surface area contributed by atoms with Gasteiger partial charge in [-0.1, -0.05) is 19.1 Å². The van der Waals surface area contributed by atoms with Crippen LogP contribution in [0.5, 0.6) is 5.75 Å². The van der Waals surface area contributed by atoms with Gasteiger partial charge in [-0.05, 0) is 17.7 Å². The number of nitriles is 3. The molecule has 126 valence electrons. The molecule has 0 aromatic heterocycles. The predicted molar refractivity (Wildman–Crippen MR) is 84.3 cm³/mol. The Kier molecular flexibility index (Phi) is 3.49. The number of carbonyl (C=O) groups excluding carboxylic acids is 1. The van der Waals surface area contributed by atoms with Crippen molar-refractivity contribution in [2.45, 2.75) is 25.0 Å². The van der Waals surface area contributed by atoms with Crippen LogP contribution in [0, 0.1) is 50.7 Å². The number of rotatable bonds is 2. The van der Waals surface area contributed by atoms with Crippen molar-refractivity contribution in [3.8, 4) is 24.0 Å². The number of benzene rings is 1. The maximum absolute atomic E-state index is 12.6. The third-order valence-electron chi connectivity index (χ3n) is 5.76. The van der Waals surface area contributed by atoms with Gasteiger partial charge in [0.15, 0.2) is 10.8 Å². The highest BCUT2D eigenvalue weighted by Crippen LogP contribution is 2.64. The Morgan fingerprint density at radius 1 is 1.20 bits per heavy atom. The predicted octanol–water partition coefficient (Wildman–Crippen LogP) is 1.18. The van der Waals surface area contributed by atoms with Crippen LogP contribution in [0.1, 0.15) is 24.8 Å². The second-order valence-electron chi connectivity index (χ2n) is 6.58. The van der Waals surface area contributed by atoms with Crippen molar-refractivity contribution in [2.24, 2.45) is 16.7 Å². The van der Waals surface area contributed by atoms with Crippen LogP contribution in [0.2, 0.25) is 0 Å². The first kappa shape index (κ1) is 16.8. The van der Waals surface area contributed by atoms with E-state index in [0.29, 0.717) is 11.3 Å². The van der Waals surface area contributed by atoms with Crippen molar-refractivity contribution < 1.29 is 14.6 Å². The van der Waals surface area contributed by atoms with Gasteiger partial charge in [0.2, 0.25) is 5.91 Å². The fourth-order valence-electron chi connectivity index (χ4n) is 4.24. The molecule has 1 aliphatic heterocycles. The first-order chi connectivity index (χ1) is 11.8. The number of nitrogens with zero attached hydrogens (tertiary/aromatic N) is 3. The fraction of sp³-hybridized carbons (Fsp3) is 0.444. The number of amides is 1. The summed E-state index contributed by atoms with van der Waals surface area (Å²) in [5.74, 6) is -1.89. The van der Waals surface area contributed by atoms with Gasteiger partial charge in [0.1, 0.15) is 11.5 Å². The van der Waals surface area contributed by atoms with Crippen molar-refractivity contribution in [3.05, 3.63) is 29.8 Å². The molecule has 2 N–H and O–H groups in total. The average Bonchev–Trinajstić information content (AvgIpc) is 2.77. The van der Waals surface area contributed by atoms with Gasteiger partial charge in [-0.3, -0.25) is 4.79 Å². The highest BCUT2D eigenvalue weighted by atomic mass is 16.5. The summed E-state index contributed by atoms with van der Waals surface area (Å²) in [4.78, 5) is 12.6. The number of hydrogen-bond acceptors (Lipinski definition) is 6. The highest BCUT2D eigenvalue weighted by molar-refractivity contribution is 5.92. The molecule has 1 heterocycles. The van der Waals surface area contributed by atoms with Gasteiger partial charge >= 0.3 is 0 Å². The SMILES string of the molecule is COc1ccc([C@H]2C[C@]3(O)NC(=O)[C@](C#N)([C@@H]3C)C2(C#N)C#N)cc1. The lowest BCUT2D eigenvalue weighted by molar-refractivity contribution is -0.130. The number of hydrogen-bond donors (Lipinski definition) is 2. The molecule has 1 aromatic rings. The van der Waals surface area contributed by atoms with Crippen LogP contribution >= 0.6 is 0 Å². The Labute approximate surface area is 145 Å². The topological polar surface area (TPSA) is 130 Å². The molecule has 3 rings (SSSR count). The Balaban J connectivity index is 2.26. The van der Waals surface area contributed by atoms with Gasteiger partial charge in [0, 0.05) is 18.3 Å². The van der Waals surface area contributed by atoms with Gasteiger partial charge < -0.3 is 15.2 Å². The fourth-order valence-corrected chi connectivity index (χ4v) is 4.24. The lowest BCUT2D eigenvalue weighted by Gasteiger charge is -2.48. The lowest BCUT2D eigenvalue weighted by atomic mass is 9.48. The minimum Gasteiger partial charge on any atom is -0.497 e. The summed E-state index contributed by atoms with van der Waals surface area (Å²) in [6.45, 7) is 1.52. The van der Waals surface area contributed by atoms with Crippen LogP contribution < -0.4 is 10.1 Å². The van der Waals surface area contributed by atoms with E-state index in [4.69, 9.17) is 4.74 Å². The zero-order chi connectivity index (χ0) is 18.5. The Morgan fingerprint density at radius 2 is 1.80 bits per heavy atom. The largest absolute Gasteiger partial charge is 0.497 e. The highest BCUT2D eigenvalue weighted by Gasteiger charge is 2.77. The number of methoxy groups -OCH3 is 1. The van der Waals surface area contributed by atoms with Crippen molar-refractivity contribution in [1.82, 2.24) is 5.32 Å². The summed E-state index contributed by atoms with van der Waals surface area (Å²) >= 11 is 0. The molecular weight excluding hydrogens is 320 g/mol. The molecule has 0 spiro atoms. The third-order valence-corrected chi connectivity index (χ3v) is 5.76. The number of carbonyl (C=O) groups is 1. The van der Waals surface area contributed by atoms with Gasteiger partial charge in [-0.2, -0.15) is 15.8 Å². The number of ether oxygens (including phenoxy) is 1. The third kappa shape index (κ3) is 1.78. The second kappa shape index (κ2) is 5.21. The minimum absolute atomic E-state index is 0.0310. The summed E-state index contributed by atoms with van der Waals surface area (Å²) in [6, 6.07) is 12.5. The monoisotopic (exact) mass is 336 g/mol. The quantitative estimate of drug-likeness (QED) is 0.834. The van der Waals surface area contributed by atoms with Gasteiger partial charge in [0.05, 0.1) is 25.3 Å². The maximum Gasteiger partial charge on any atom is 0.245 e. The molecule has 1 saturated carbocycles. The van der Waals surface area contributed by atoms with E-state index in [1.165, 1.54) is 14.0 Å². The molecule has 0 radical (unpaired) electrons. The molecule has 2 fully saturated rings. The summed E-state index contributed by atoms with van der Waals surface area (Å²) in [6.07, 6.45) is -0.0310. The molecule has 1 aromatic carbocycles. The van der Waals surface area contributed by atoms with E-state index < -0.39 is 34.3 Å². The van der Waals surface area contributed by atoms with Crippen molar-refractivity contribution in [2.75, 3.05) is 7.11 Å². The van der Waals surface area contributed by atoms with Crippen LogP contribution in [-0.4, -0.2) is 23.8 Å². The van der Waals surface area contributed by atoms with E-state index in [0.717, 1.165) is 0 Å². The average molecular weight is 336 g/mol. The zero-order valence-corrected chi connectivity index (χ0v) is 13.8. The molecule has 1 aliphatic carbocycles. The van der Waals surface area contributed by atoms with Gasteiger partial charge in [-0.25, -0.2) is 0 Å². The van der Waals surface area contributed by atoms with Crippen LogP contribution in [0.25, 0.3) is 0 Å². The molecular formula is C18H16N4O3. The van der Waals surface area contributed by atoms with Crippen LogP contribution in [0.3, 0.4) is 0 Å². The Morgan fingerprint density at radius 3 is 2.28 bits per heavy atom. The van der Waals surface area contributed by atoms with Crippen molar-refractivity contribution >= 4 is 5.91 Å². The first-order valence-corrected chi connectivity index (χ1v) is 7.78. The summed E-state index contributed by atoms with van der Waals surface area (Å²) in [5, 5.41) is 43.0. The summed E-state index contributed by atoms with van der Waals surface area (Å²) in [5.41, 5.74) is -4.92. The first-order valence-electron chi connectivity index (χ1n) is 7.78. The summed E-state index contributed by atoms with van der Waals surface area (Å²) in [7, 11) is 1.52. The molecule has 2 aliphatic rings. The van der Waals surface area contributed by atoms with Crippen LogP contribution in [-0.2, 0) is 4.79 Å². The van der Waals surface area contributed by atoms with E-state index in [2.05, 4.69) is 5.32 Å². The maximum atomic E-state index is 12.6. The van der Waals surface area contributed by atoms with E-state index in [1.807, 2.05) is 18.2 Å². The normalized spacial score (nSPS) is 35.0. The van der Waals surface area contributed by atoms with E-state index in [9.17, 15) is 25.7 Å². The minimum atomic E-state index is -1.95.